The summed E-state index contributed by atoms with van der Waals surface area (Å²) in [5.74, 6) is 0.0717. The van der Waals surface area contributed by atoms with Gasteiger partial charge in [0.2, 0.25) is 0 Å². The molecule has 2 atom stereocenters. The molecule has 3 N–H and O–H groups in total. The predicted molar refractivity (Wildman–Crippen MR) is 137 cm³/mol. The molecule has 180 valence electrons. The minimum Gasteiger partial charge on any atom is -0.505 e. The molecule has 1 aliphatic heterocycles. The maximum atomic E-state index is 12.4. The summed E-state index contributed by atoms with van der Waals surface area (Å²) in [5.41, 5.74) is 4.18. The summed E-state index contributed by atoms with van der Waals surface area (Å²) in [6.07, 6.45) is 3.38. The van der Waals surface area contributed by atoms with Gasteiger partial charge in [0.05, 0.1) is 17.3 Å². The number of para-hydroxylation sites is 1. The van der Waals surface area contributed by atoms with Gasteiger partial charge in [-0.1, -0.05) is 45.0 Å². The van der Waals surface area contributed by atoms with Crippen LogP contribution in [0.5, 0.6) is 5.75 Å². The van der Waals surface area contributed by atoms with Crippen molar-refractivity contribution in [1.82, 2.24) is 10.2 Å². The Balaban J connectivity index is 1.61. The Hall–Kier alpha value is -3.20. The zero-order chi connectivity index (χ0) is 24.6. The number of phenolic OH excluding ortho intramolecular Hbond substituents is 1. The van der Waals surface area contributed by atoms with Crippen molar-refractivity contribution in [3.8, 4) is 5.75 Å². The van der Waals surface area contributed by atoms with Crippen molar-refractivity contribution >= 4 is 34.4 Å². The van der Waals surface area contributed by atoms with Crippen molar-refractivity contribution in [2.75, 3.05) is 19.4 Å². The Labute approximate surface area is 202 Å². The molecule has 0 aromatic heterocycles. The van der Waals surface area contributed by atoms with Gasteiger partial charge in [0.1, 0.15) is 0 Å². The van der Waals surface area contributed by atoms with E-state index in [1.165, 1.54) is 22.4 Å². The Morgan fingerprint density at radius 2 is 1.79 bits per heavy atom. The van der Waals surface area contributed by atoms with Crippen LogP contribution in [0.25, 0.3) is 0 Å². The topological polar surface area (TPSA) is 106 Å². The lowest BCUT2D eigenvalue weighted by Crippen LogP contribution is -2.41. The van der Waals surface area contributed by atoms with Gasteiger partial charge in [0, 0.05) is 14.1 Å². The maximum absolute atomic E-state index is 12.4. The van der Waals surface area contributed by atoms with E-state index in [2.05, 4.69) is 58.4 Å². The molecule has 2 aromatic carbocycles. The van der Waals surface area contributed by atoms with Crippen LogP contribution in [0, 0.1) is 5.41 Å². The van der Waals surface area contributed by atoms with E-state index < -0.39 is 11.2 Å². The molecular formula is C25H31N5O3S. The van der Waals surface area contributed by atoms with Gasteiger partial charge < -0.3 is 20.6 Å². The number of hydrogen-bond donors (Lipinski definition) is 3. The van der Waals surface area contributed by atoms with Gasteiger partial charge in [-0.15, -0.1) is 8.80 Å². The molecule has 2 aliphatic rings. The van der Waals surface area contributed by atoms with Crippen molar-refractivity contribution in [3.05, 3.63) is 58.7 Å². The number of benzene rings is 2. The lowest BCUT2D eigenvalue weighted by atomic mass is 9.81. The van der Waals surface area contributed by atoms with Crippen LogP contribution < -0.4 is 10.6 Å². The summed E-state index contributed by atoms with van der Waals surface area (Å²) in [6.45, 7) is 6.41. The SMILES string of the molecule is CN(C)C(=O)c1cccc(NC2=NS(=O)N=C2N[C@@H](c2ccc3c(c2)CCC3)C(C)(C)C)c1O. The number of hydrogen-bond acceptors (Lipinski definition) is 5. The van der Waals surface area contributed by atoms with Crippen molar-refractivity contribution < 1.29 is 14.1 Å². The molecular weight excluding hydrogens is 450 g/mol. The Kier molecular flexibility index (Phi) is 6.49. The third-order valence-electron chi connectivity index (χ3n) is 6.09. The number of phenols is 1. The summed E-state index contributed by atoms with van der Waals surface area (Å²) in [7, 11) is 3.23. The predicted octanol–water partition coefficient (Wildman–Crippen LogP) is 3.76. The second-order valence-corrected chi connectivity index (χ2v) is 10.8. The molecule has 0 spiro atoms. The molecule has 9 heteroatoms. The van der Waals surface area contributed by atoms with E-state index in [0.29, 0.717) is 5.84 Å². The molecule has 4 rings (SSSR count). The third-order valence-corrected chi connectivity index (χ3v) is 6.77. The standard InChI is InChI=1S/C25H31N5O3S/c1-25(2,3)21(17-13-12-15-8-6-9-16(15)14-17)27-23-22(28-34(33)29-23)26-19-11-7-10-18(20(19)31)24(32)30(4)5/h7,10-14,21,31H,6,8-9H2,1-5H3,(H,26,28)(H,27,29)/t21-,34?/m0/s1. The lowest BCUT2D eigenvalue weighted by Gasteiger charge is -2.33. The number of anilines is 1. The number of carbonyl (C=O) groups is 1. The molecule has 0 radical (unpaired) electrons. The van der Waals surface area contributed by atoms with Crippen molar-refractivity contribution in [3.63, 3.8) is 0 Å². The van der Waals surface area contributed by atoms with Gasteiger partial charge in [-0.25, -0.2) is 4.21 Å². The zero-order valence-electron chi connectivity index (χ0n) is 20.2. The van der Waals surface area contributed by atoms with E-state index in [1.807, 2.05) is 0 Å². The molecule has 34 heavy (non-hydrogen) atoms. The summed E-state index contributed by atoms with van der Waals surface area (Å²) < 4.78 is 20.6. The number of carbonyl (C=O) groups excluding carboxylic acids is 1. The second-order valence-electron chi connectivity index (χ2n) is 9.96. The Bertz CT molecular complexity index is 1210. The monoisotopic (exact) mass is 481 g/mol. The number of aryl methyl sites for hydroxylation is 2. The van der Waals surface area contributed by atoms with Gasteiger partial charge in [-0.05, 0) is 53.5 Å². The Morgan fingerprint density at radius 3 is 2.50 bits per heavy atom. The molecule has 1 unspecified atom stereocenters. The maximum Gasteiger partial charge on any atom is 0.269 e. The van der Waals surface area contributed by atoms with E-state index in [9.17, 15) is 14.1 Å². The first-order valence-electron chi connectivity index (χ1n) is 11.3. The number of fused-ring (bicyclic) bond motifs is 1. The van der Waals surface area contributed by atoms with Crippen molar-refractivity contribution in [1.29, 1.82) is 0 Å². The highest BCUT2D eigenvalue weighted by atomic mass is 32.2. The van der Waals surface area contributed by atoms with E-state index in [-0.39, 0.29) is 40.2 Å². The molecule has 8 nitrogen and oxygen atoms in total. The fourth-order valence-electron chi connectivity index (χ4n) is 4.33. The van der Waals surface area contributed by atoms with Gasteiger partial charge >= 0.3 is 0 Å². The van der Waals surface area contributed by atoms with Crippen LogP contribution >= 0.6 is 0 Å². The highest BCUT2D eigenvalue weighted by Crippen LogP contribution is 2.36. The summed E-state index contributed by atoms with van der Waals surface area (Å²) in [6, 6.07) is 11.3. The van der Waals surface area contributed by atoms with Crippen molar-refractivity contribution in [2.24, 2.45) is 14.2 Å². The molecule has 1 aliphatic carbocycles. The van der Waals surface area contributed by atoms with Crippen LogP contribution in [-0.2, 0) is 24.0 Å². The Morgan fingerprint density at radius 1 is 1.09 bits per heavy atom. The fraction of sp³-hybridized carbons (Fsp3) is 0.400. The second kappa shape index (κ2) is 9.21. The first kappa shape index (κ1) is 23.9. The van der Waals surface area contributed by atoms with Gasteiger partial charge in [0.15, 0.2) is 17.4 Å². The lowest BCUT2D eigenvalue weighted by molar-refractivity contribution is 0.0824. The minimum atomic E-state index is -1.79. The van der Waals surface area contributed by atoms with E-state index >= 15 is 0 Å². The summed E-state index contributed by atoms with van der Waals surface area (Å²) >= 11 is -1.79. The first-order valence-corrected chi connectivity index (χ1v) is 12.4. The largest absolute Gasteiger partial charge is 0.505 e. The summed E-state index contributed by atoms with van der Waals surface area (Å²) in [4.78, 5) is 13.8. The number of nitrogens with one attached hydrogen (secondary N) is 2. The molecule has 0 saturated carbocycles. The van der Waals surface area contributed by atoms with Crippen LogP contribution in [0.3, 0.4) is 0 Å². The van der Waals surface area contributed by atoms with E-state index in [4.69, 9.17) is 0 Å². The van der Waals surface area contributed by atoms with Gasteiger partial charge in [0.25, 0.3) is 17.1 Å². The zero-order valence-corrected chi connectivity index (χ0v) is 21.0. The first-order chi connectivity index (χ1) is 16.0. The number of aromatic hydroxyl groups is 1. The third kappa shape index (κ3) is 4.84. The molecule has 0 bridgehead atoms. The number of nitrogens with zero attached hydrogens (tertiary/aromatic N) is 3. The fourth-order valence-corrected chi connectivity index (χ4v) is 4.96. The van der Waals surface area contributed by atoms with Crippen LogP contribution in [0.2, 0.25) is 0 Å². The molecule has 1 heterocycles. The van der Waals surface area contributed by atoms with Crippen LogP contribution in [-0.4, -0.2) is 45.9 Å². The van der Waals surface area contributed by atoms with Gasteiger partial charge in [-0.3, -0.25) is 4.79 Å². The molecule has 0 fully saturated rings. The molecule has 2 aromatic rings. The molecule has 0 saturated heterocycles. The normalized spacial score (nSPS) is 18.1. The van der Waals surface area contributed by atoms with Gasteiger partial charge in [-0.2, -0.15) is 0 Å². The molecule has 1 amide bonds. The van der Waals surface area contributed by atoms with E-state index in [1.54, 1.807) is 32.3 Å². The quantitative estimate of drug-likeness (QED) is 0.577. The van der Waals surface area contributed by atoms with Crippen LogP contribution in [0.15, 0.2) is 45.2 Å². The van der Waals surface area contributed by atoms with E-state index in [0.717, 1.165) is 18.4 Å². The highest BCUT2D eigenvalue weighted by Gasteiger charge is 2.32. The average molecular weight is 482 g/mol. The van der Waals surface area contributed by atoms with Crippen LogP contribution in [0.1, 0.15) is 60.3 Å². The minimum absolute atomic E-state index is 0.116. The average Bonchev–Trinajstić information content (AvgIpc) is 3.37. The number of amidine groups is 2. The number of amides is 1. The van der Waals surface area contributed by atoms with Crippen LogP contribution in [0.4, 0.5) is 5.69 Å². The highest BCUT2D eigenvalue weighted by molar-refractivity contribution is 7.83. The summed E-state index contributed by atoms with van der Waals surface area (Å²) in [5, 5.41) is 17.2. The smallest absolute Gasteiger partial charge is 0.269 e. The number of rotatable bonds is 4. The van der Waals surface area contributed by atoms with Crippen molar-refractivity contribution in [2.45, 2.75) is 46.1 Å².